The first-order valence-electron chi connectivity index (χ1n) is 10.4. The van der Waals surface area contributed by atoms with Gasteiger partial charge in [0.15, 0.2) is 0 Å². The van der Waals surface area contributed by atoms with E-state index in [0.29, 0.717) is 0 Å². The third kappa shape index (κ3) is 4.78. The van der Waals surface area contributed by atoms with Gasteiger partial charge in [-0.25, -0.2) is 0 Å². The molecule has 0 unspecified atom stereocenters. The summed E-state index contributed by atoms with van der Waals surface area (Å²) in [5, 5.41) is 6.38. The maximum Gasteiger partial charge on any atom is 0.0332 e. The molecule has 0 atom stereocenters. The Hall–Kier alpha value is -2.91. The molecule has 0 heterocycles. The summed E-state index contributed by atoms with van der Waals surface area (Å²) in [6, 6.07) is 44.9. The average molecular weight is 609 g/mol. The fourth-order valence-corrected chi connectivity index (χ4v) is 6.23. The third-order valence-corrected chi connectivity index (χ3v) is 7.80. The quantitative estimate of drug-likeness (QED) is 0.134. The SMILES string of the molecule is C(#Cc1cccc2ccccc12)c1ccccc1P(c1ccccc1)c1ccccc1.[Au]. The molecular weight excluding hydrogens is 588 g/mol. The molecule has 0 saturated heterocycles. The molecule has 157 valence electrons. The van der Waals surface area contributed by atoms with Crippen LogP contribution in [0.2, 0.25) is 0 Å². The van der Waals surface area contributed by atoms with E-state index in [0.717, 1.165) is 11.1 Å². The van der Waals surface area contributed by atoms with Gasteiger partial charge in [0, 0.05) is 38.8 Å². The van der Waals surface area contributed by atoms with E-state index in [2.05, 4.69) is 139 Å². The molecule has 0 nitrogen and oxygen atoms in total. The fourth-order valence-electron chi connectivity index (χ4n) is 3.82. The first kappa shape index (κ1) is 22.3. The number of hydrogen-bond acceptors (Lipinski definition) is 0. The van der Waals surface area contributed by atoms with Crippen molar-refractivity contribution in [1.29, 1.82) is 0 Å². The van der Waals surface area contributed by atoms with E-state index < -0.39 is 7.92 Å². The molecule has 0 aromatic heterocycles. The number of hydrogen-bond donors (Lipinski definition) is 0. The van der Waals surface area contributed by atoms with Gasteiger partial charge in [0.25, 0.3) is 0 Å². The van der Waals surface area contributed by atoms with Gasteiger partial charge in [-0.15, -0.1) is 0 Å². The number of benzene rings is 5. The Morgan fingerprint density at radius 3 is 1.66 bits per heavy atom. The summed E-state index contributed by atoms with van der Waals surface area (Å²) in [6.45, 7) is 0. The normalized spacial score (nSPS) is 10.3. The maximum atomic E-state index is 3.51. The van der Waals surface area contributed by atoms with Crippen LogP contribution < -0.4 is 15.9 Å². The average Bonchev–Trinajstić information content (AvgIpc) is 2.85. The topological polar surface area (TPSA) is 0 Å². The minimum absolute atomic E-state index is 0. The van der Waals surface area contributed by atoms with Gasteiger partial charge in [0.05, 0.1) is 0 Å². The van der Waals surface area contributed by atoms with Crippen LogP contribution in [0.4, 0.5) is 0 Å². The Kier molecular flexibility index (Phi) is 7.39. The third-order valence-electron chi connectivity index (χ3n) is 5.30. The van der Waals surface area contributed by atoms with Crippen LogP contribution in [0.15, 0.2) is 127 Å². The van der Waals surface area contributed by atoms with Crippen LogP contribution in [0, 0.1) is 11.8 Å². The summed E-state index contributed by atoms with van der Waals surface area (Å²) in [4.78, 5) is 0. The first-order valence-corrected chi connectivity index (χ1v) is 11.7. The summed E-state index contributed by atoms with van der Waals surface area (Å²) >= 11 is 0. The Morgan fingerprint density at radius 1 is 0.438 bits per heavy atom. The molecule has 0 aliphatic carbocycles. The number of rotatable bonds is 3. The van der Waals surface area contributed by atoms with E-state index in [9.17, 15) is 0 Å². The van der Waals surface area contributed by atoms with Crippen LogP contribution >= 0.6 is 7.92 Å². The summed E-state index contributed by atoms with van der Waals surface area (Å²) < 4.78 is 0. The van der Waals surface area contributed by atoms with Crippen molar-refractivity contribution in [3.63, 3.8) is 0 Å². The number of fused-ring (bicyclic) bond motifs is 1. The predicted molar refractivity (Wildman–Crippen MR) is 135 cm³/mol. The maximum absolute atomic E-state index is 3.51. The molecule has 0 N–H and O–H groups in total. The van der Waals surface area contributed by atoms with Gasteiger partial charge in [0.1, 0.15) is 0 Å². The molecular formula is C30H21AuP. The van der Waals surface area contributed by atoms with Gasteiger partial charge in [-0.3, -0.25) is 0 Å². The van der Waals surface area contributed by atoms with Crippen molar-refractivity contribution < 1.29 is 22.4 Å². The van der Waals surface area contributed by atoms with Gasteiger partial charge in [0.2, 0.25) is 0 Å². The molecule has 5 rings (SSSR count). The Labute approximate surface area is 206 Å². The molecule has 0 saturated carbocycles. The van der Waals surface area contributed by atoms with Crippen molar-refractivity contribution in [2.75, 3.05) is 0 Å². The Balaban J connectivity index is 0.00000245. The van der Waals surface area contributed by atoms with E-state index >= 15 is 0 Å². The zero-order chi connectivity index (χ0) is 20.9. The monoisotopic (exact) mass is 609 g/mol. The van der Waals surface area contributed by atoms with Gasteiger partial charge in [-0.1, -0.05) is 127 Å². The second-order valence-electron chi connectivity index (χ2n) is 7.30. The van der Waals surface area contributed by atoms with Crippen molar-refractivity contribution in [3.8, 4) is 11.8 Å². The van der Waals surface area contributed by atoms with Crippen LogP contribution in [-0.4, -0.2) is 0 Å². The molecule has 0 bridgehead atoms. The zero-order valence-electron chi connectivity index (χ0n) is 17.4. The van der Waals surface area contributed by atoms with E-state index in [1.54, 1.807) is 0 Å². The van der Waals surface area contributed by atoms with Crippen molar-refractivity contribution in [2.24, 2.45) is 0 Å². The molecule has 0 aliphatic heterocycles. The molecule has 0 spiro atoms. The van der Waals surface area contributed by atoms with Crippen LogP contribution in [0.1, 0.15) is 11.1 Å². The second kappa shape index (κ2) is 10.6. The van der Waals surface area contributed by atoms with Gasteiger partial charge in [-0.2, -0.15) is 0 Å². The van der Waals surface area contributed by atoms with E-state index in [4.69, 9.17) is 0 Å². The molecule has 1 radical (unpaired) electrons. The Morgan fingerprint density at radius 2 is 0.938 bits per heavy atom. The molecule has 32 heavy (non-hydrogen) atoms. The summed E-state index contributed by atoms with van der Waals surface area (Å²) in [5.41, 5.74) is 2.16. The second-order valence-corrected chi connectivity index (χ2v) is 9.49. The van der Waals surface area contributed by atoms with Crippen molar-refractivity contribution in [1.82, 2.24) is 0 Å². The van der Waals surface area contributed by atoms with Crippen molar-refractivity contribution in [3.05, 3.63) is 139 Å². The van der Waals surface area contributed by atoms with E-state index in [1.165, 1.54) is 26.7 Å². The standard InChI is InChI=1S/C30H21P.Au/c1-3-16-27(17-4-1)31(28-18-5-2-6-19-28)30-21-10-8-13-26(30)23-22-25-15-11-14-24-12-7-9-20-29(24)25;/h1-21H;. The van der Waals surface area contributed by atoms with Crippen LogP contribution in [-0.2, 0) is 22.4 Å². The molecule has 0 amide bonds. The fraction of sp³-hybridized carbons (Fsp3) is 0. The van der Waals surface area contributed by atoms with Crippen LogP contribution in [0.3, 0.4) is 0 Å². The Bertz CT molecular complexity index is 1340. The molecule has 5 aromatic rings. The molecule has 0 aliphatic rings. The smallest absolute Gasteiger partial charge is 0.0332 e. The summed E-state index contributed by atoms with van der Waals surface area (Å²) in [6.07, 6.45) is 0. The summed E-state index contributed by atoms with van der Waals surface area (Å²) in [7, 11) is -0.684. The molecule has 0 fully saturated rings. The predicted octanol–water partition coefficient (Wildman–Crippen LogP) is 6.00. The van der Waals surface area contributed by atoms with Gasteiger partial charge >= 0.3 is 0 Å². The zero-order valence-corrected chi connectivity index (χ0v) is 20.4. The molecule has 5 aromatic carbocycles. The van der Waals surface area contributed by atoms with E-state index in [-0.39, 0.29) is 22.4 Å². The first-order chi connectivity index (χ1) is 15.4. The van der Waals surface area contributed by atoms with Crippen molar-refractivity contribution in [2.45, 2.75) is 0 Å². The molecule has 2 heteroatoms. The van der Waals surface area contributed by atoms with Crippen molar-refractivity contribution >= 4 is 34.6 Å². The van der Waals surface area contributed by atoms with Gasteiger partial charge in [-0.05, 0) is 41.4 Å². The van der Waals surface area contributed by atoms with E-state index in [1.807, 2.05) is 0 Å². The largest absolute Gasteiger partial charge is 0.0622 e. The summed E-state index contributed by atoms with van der Waals surface area (Å²) in [5.74, 6) is 6.97. The van der Waals surface area contributed by atoms with Crippen LogP contribution in [0.5, 0.6) is 0 Å². The minimum atomic E-state index is -0.684. The minimum Gasteiger partial charge on any atom is -0.0622 e. The van der Waals surface area contributed by atoms with Crippen LogP contribution in [0.25, 0.3) is 10.8 Å². The van der Waals surface area contributed by atoms with Gasteiger partial charge < -0.3 is 0 Å².